The van der Waals surface area contributed by atoms with E-state index in [9.17, 15) is 19.3 Å². The number of hydrogen-bond donors (Lipinski definition) is 0. The van der Waals surface area contributed by atoms with Crippen LogP contribution in [-0.4, -0.2) is 42.0 Å². The first-order valence-electron chi connectivity index (χ1n) is 6.66. The number of rotatable bonds is 7. The molecule has 1 rings (SSSR count). The van der Waals surface area contributed by atoms with E-state index in [0.717, 1.165) is 18.2 Å². The molecule has 1 unspecified atom stereocenters. The number of nitrogens with zero attached hydrogens (tertiary/aromatic N) is 2. The van der Waals surface area contributed by atoms with Crippen LogP contribution in [0.3, 0.4) is 0 Å². The minimum Gasteiger partial charge on any atom is -0.383 e. The van der Waals surface area contributed by atoms with E-state index in [0.29, 0.717) is 19.6 Å². The molecule has 0 aliphatic rings. The van der Waals surface area contributed by atoms with Crippen LogP contribution in [0.5, 0.6) is 0 Å². The van der Waals surface area contributed by atoms with E-state index in [1.807, 2.05) is 13.8 Å². The molecule has 0 spiro atoms. The second kappa shape index (κ2) is 7.68. The predicted molar refractivity (Wildman–Crippen MR) is 75.7 cm³/mol. The van der Waals surface area contributed by atoms with Crippen molar-refractivity contribution in [3.8, 4) is 0 Å². The Morgan fingerprint density at radius 3 is 2.71 bits per heavy atom. The second-order valence-electron chi connectivity index (χ2n) is 4.67. The number of benzene rings is 1. The average Bonchev–Trinajstić information content (AvgIpc) is 2.47. The van der Waals surface area contributed by atoms with Gasteiger partial charge in [0.1, 0.15) is 5.82 Å². The largest absolute Gasteiger partial charge is 0.383 e. The van der Waals surface area contributed by atoms with E-state index in [4.69, 9.17) is 4.74 Å². The monoisotopic (exact) mass is 298 g/mol. The summed E-state index contributed by atoms with van der Waals surface area (Å²) in [7, 11) is 1.51. The number of methoxy groups -OCH3 is 1. The minimum atomic E-state index is -0.767. The average molecular weight is 298 g/mol. The number of nitro benzene ring substituents is 1. The Hall–Kier alpha value is -2.02. The second-order valence-corrected chi connectivity index (χ2v) is 4.67. The van der Waals surface area contributed by atoms with Gasteiger partial charge in [-0.15, -0.1) is 0 Å². The van der Waals surface area contributed by atoms with Crippen molar-refractivity contribution in [1.29, 1.82) is 0 Å². The van der Waals surface area contributed by atoms with Gasteiger partial charge in [0, 0.05) is 31.8 Å². The number of hydrogen-bond acceptors (Lipinski definition) is 4. The first-order chi connectivity index (χ1) is 9.92. The van der Waals surface area contributed by atoms with Gasteiger partial charge < -0.3 is 9.64 Å². The summed E-state index contributed by atoms with van der Waals surface area (Å²) in [5, 5.41) is 10.8. The van der Waals surface area contributed by atoms with Gasteiger partial charge in [0.15, 0.2) is 0 Å². The summed E-state index contributed by atoms with van der Waals surface area (Å²) in [4.78, 5) is 24.0. The number of nitro groups is 1. The van der Waals surface area contributed by atoms with Crippen LogP contribution in [0.4, 0.5) is 10.1 Å². The quantitative estimate of drug-likeness (QED) is 0.573. The molecular weight excluding hydrogens is 279 g/mol. The van der Waals surface area contributed by atoms with Crippen molar-refractivity contribution >= 4 is 11.6 Å². The van der Waals surface area contributed by atoms with Crippen LogP contribution in [0, 0.1) is 15.9 Å². The van der Waals surface area contributed by atoms with Gasteiger partial charge in [0.05, 0.1) is 17.1 Å². The third-order valence-corrected chi connectivity index (χ3v) is 3.31. The smallest absolute Gasteiger partial charge is 0.270 e. The fourth-order valence-corrected chi connectivity index (χ4v) is 1.88. The Kier molecular flexibility index (Phi) is 6.23. The summed E-state index contributed by atoms with van der Waals surface area (Å²) in [6, 6.07) is 2.83. The summed E-state index contributed by atoms with van der Waals surface area (Å²) in [6.45, 7) is 4.35. The first kappa shape index (κ1) is 17.0. The molecule has 1 aromatic carbocycles. The fraction of sp³-hybridized carbons (Fsp3) is 0.500. The SMILES string of the molecule is CCC(C)N(CCOC)C(=O)c1cc([N+](=O)[O-])ccc1F. The third kappa shape index (κ3) is 4.22. The lowest BCUT2D eigenvalue weighted by atomic mass is 10.1. The number of carbonyl (C=O) groups excluding carboxylic acids is 1. The van der Waals surface area contributed by atoms with Crippen molar-refractivity contribution < 1.29 is 18.8 Å². The molecule has 0 aromatic heterocycles. The first-order valence-corrected chi connectivity index (χ1v) is 6.66. The molecule has 116 valence electrons. The van der Waals surface area contributed by atoms with Crippen LogP contribution in [0.1, 0.15) is 30.6 Å². The zero-order valence-corrected chi connectivity index (χ0v) is 12.3. The van der Waals surface area contributed by atoms with Crippen molar-refractivity contribution in [2.24, 2.45) is 0 Å². The van der Waals surface area contributed by atoms with Gasteiger partial charge in [0.2, 0.25) is 0 Å². The van der Waals surface area contributed by atoms with Gasteiger partial charge in [-0.05, 0) is 19.4 Å². The molecule has 0 fully saturated rings. The van der Waals surface area contributed by atoms with Crippen molar-refractivity contribution in [3.63, 3.8) is 0 Å². The molecule has 6 nitrogen and oxygen atoms in total. The number of non-ortho nitro benzene ring substituents is 1. The highest BCUT2D eigenvalue weighted by molar-refractivity contribution is 5.95. The Labute approximate surface area is 122 Å². The van der Waals surface area contributed by atoms with Crippen LogP contribution < -0.4 is 0 Å². The topological polar surface area (TPSA) is 72.7 Å². The zero-order valence-electron chi connectivity index (χ0n) is 12.3. The maximum Gasteiger partial charge on any atom is 0.270 e. The van der Waals surface area contributed by atoms with Gasteiger partial charge in [-0.3, -0.25) is 14.9 Å². The predicted octanol–water partition coefficient (Wildman–Crippen LogP) is 2.62. The van der Waals surface area contributed by atoms with E-state index in [-0.39, 0.29) is 17.3 Å². The van der Waals surface area contributed by atoms with Crippen molar-refractivity contribution in [2.45, 2.75) is 26.3 Å². The summed E-state index contributed by atoms with van der Waals surface area (Å²) in [6.07, 6.45) is 0.687. The summed E-state index contributed by atoms with van der Waals surface area (Å²) >= 11 is 0. The van der Waals surface area contributed by atoms with Crippen LogP contribution in [0.2, 0.25) is 0 Å². The van der Waals surface area contributed by atoms with Crippen molar-refractivity contribution in [1.82, 2.24) is 4.90 Å². The third-order valence-electron chi connectivity index (χ3n) is 3.31. The maximum atomic E-state index is 13.8. The van der Waals surface area contributed by atoms with Crippen LogP contribution >= 0.6 is 0 Å². The highest BCUT2D eigenvalue weighted by Crippen LogP contribution is 2.20. The Bertz CT molecular complexity index is 522. The molecule has 0 N–H and O–H groups in total. The van der Waals surface area contributed by atoms with E-state index in [1.54, 1.807) is 0 Å². The molecule has 0 saturated heterocycles. The standard InChI is InChI=1S/C14H19FN2O4/c1-4-10(2)16(7-8-21-3)14(18)12-9-11(17(19)20)5-6-13(12)15/h5-6,9-10H,4,7-8H2,1-3H3. The Morgan fingerprint density at radius 2 is 2.19 bits per heavy atom. The van der Waals surface area contributed by atoms with Gasteiger partial charge in [-0.2, -0.15) is 0 Å². The summed E-state index contributed by atoms with van der Waals surface area (Å²) in [5.74, 6) is -1.33. The molecular formula is C14H19FN2O4. The molecule has 7 heteroatoms. The lowest BCUT2D eigenvalue weighted by molar-refractivity contribution is -0.384. The molecule has 1 aromatic rings. The molecule has 1 amide bonds. The van der Waals surface area contributed by atoms with E-state index < -0.39 is 16.6 Å². The van der Waals surface area contributed by atoms with Crippen LogP contribution in [0.15, 0.2) is 18.2 Å². The van der Waals surface area contributed by atoms with Crippen molar-refractivity contribution in [2.75, 3.05) is 20.3 Å². The number of amides is 1. The van der Waals surface area contributed by atoms with E-state index in [1.165, 1.54) is 12.0 Å². The molecule has 0 bridgehead atoms. The normalized spacial score (nSPS) is 12.0. The summed E-state index contributed by atoms with van der Waals surface area (Å²) in [5.41, 5.74) is -0.601. The molecule has 0 saturated carbocycles. The van der Waals surface area contributed by atoms with Gasteiger partial charge >= 0.3 is 0 Å². The lowest BCUT2D eigenvalue weighted by Gasteiger charge is -2.28. The van der Waals surface area contributed by atoms with E-state index >= 15 is 0 Å². The maximum absolute atomic E-state index is 13.8. The molecule has 21 heavy (non-hydrogen) atoms. The number of halogens is 1. The number of carbonyl (C=O) groups is 1. The molecule has 1 atom stereocenters. The fourth-order valence-electron chi connectivity index (χ4n) is 1.88. The lowest BCUT2D eigenvalue weighted by Crippen LogP contribution is -2.40. The Balaban J connectivity index is 3.12. The van der Waals surface area contributed by atoms with Gasteiger partial charge in [-0.1, -0.05) is 6.92 Å². The van der Waals surface area contributed by atoms with Crippen LogP contribution in [-0.2, 0) is 4.74 Å². The molecule has 0 aliphatic heterocycles. The van der Waals surface area contributed by atoms with E-state index in [2.05, 4.69) is 0 Å². The van der Waals surface area contributed by atoms with Crippen molar-refractivity contribution in [3.05, 3.63) is 39.7 Å². The molecule has 0 heterocycles. The molecule has 0 radical (unpaired) electrons. The van der Waals surface area contributed by atoms with Gasteiger partial charge in [-0.25, -0.2) is 4.39 Å². The summed E-state index contributed by atoms with van der Waals surface area (Å²) < 4.78 is 18.8. The zero-order chi connectivity index (χ0) is 16.0. The van der Waals surface area contributed by atoms with Gasteiger partial charge in [0.25, 0.3) is 11.6 Å². The Morgan fingerprint density at radius 1 is 1.52 bits per heavy atom. The highest BCUT2D eigenvalue weighted by atomic mass is 19.1. The minimum absolute atomic E-state index is 0.119. The number of ether oxygens (including phenoxy) is 1. The van der Waals surface area contributed by atoms with Crippen LogP contribution in [0.25, 0.3) is 0 Å². The highest BCUT2D eigenvalue weighted by Gasteiger charge is 2.24. The molecule has 0 aliphatic carbocycles.